The number of aliphatic hydroxyl groups excluding tert-OH is 1. The maximum absolute atomic E-state index is 12.7. The van der Waals surface area contributed by atoms with E-state index in [-0.39, 0.29) is 18.7 Å². The molecule has 12 nitrogen and oxygen atoms in total. The van der Waals surface area contributed by atoms with Gasteiger partial charge in [-0.05, 0) is 26.2 Å². The van der Waals surface area contributed by atoms with Crippen LogP contribution in [0.2, 0.25) is 0 Å². The molecule has 0 radical (unpaired) electrons. The minimum Gasteiger partial charge on any atom is -0.481 e. The first kappa shape index (κ1) is 25.7. The Kier molecular flexibility index (Phi) is 10.0. The fourth-order valence-corrected chi connectivity index (χ4v) is 3.21. The molecule has 0 aromatic carbocycles. The first-order chi connectivity index (χ1) is 14.0. The van der Waals surface area contributed by atoms with Gasteiger partial charge in [-0.2, -0.15) is 12.6 Å². The van der Waals surface area contributed by atoms with Crippen molar-refractivity contribution in [3.05, 3.63) is 0 Å². The fourth-order valence-electron chi connectivity index (χ4n) is 2.96. The molecule has 1 aliphatic rings. The quantitative estimate of drug-likeness (QED) is 0.167. The first-order valence-electron chi connectivity index (χ1n) is 9.39. The molecule has 0 aromatic heterocycles. The number of nitrogens with zero attached hydrogens (tertiary/aromatic N) is 1. The summed E-state index contributed by atoms with van der Waals surface area (Å²) in [7, 11) is 0. The van der Waals surface area contributed by atoms with E-state index in [0.29, 0.717) is 12.8 Å². The van der Waals surface area contributed by atoms with Gasteiger partial charge in [-0.25, -0.2) is 4.79 Å². The molecule has 0 saturated carbocycles. The maximum atomic E-state index is 12.7. The van der Waals surface area contributed by atoms with Crippen LogP contribution in [0.4, 0.5) is 0 Å². The van der Waals surface area contributed by atoms with E-state index >= 15 is 0 Å². The van der Waals surface area contributed by atoms with E-state index < -0.39 is 66.4 Å². The molecule has 7 N–H and O–H groups in total. The molecule has 0 aliphatic carbocycles. The number of likely N-dealkylation sites (tertiary alicyclic amines) is 1. The highest BCUT2D eigenvalue weighted by molar-refractivity contribution is 7.80. The average molecular weight is 448 g/mol. The molecular weight excluding hydrogens is 420 g/mol. The van der Waals surface area contributed by atoms with Gasteiger partial charge >= 0.3 is 11.9 Å². The number of thiol groups is 1. The molecule has 170 valence electrons. The second-order valence-electron chi connectivity index (χ2n) is 7.03. The molecule has 1 fully saturated rings. The molecule has 1 saturated heterocycles. The van der Waals surface area contributed by atoms with Crippen LogP contribution in [0.25, 0.3) is 0 Å². The second-order valence-corrected chi connectivity index (χ2v) is 7.40. The number of aliphatic carboxylic acids is 2. The number of carbonyl (C=O) groups excluding carboxylic acids is 3. The van der Waals surface area contributed by atoms with Crippen molar-refractivity contribution in [2.75, 3.05) is 12.3 Å². The van der Waals surface area contributed by atoms with Crippen molar-refractivity contribution in [2.24, 2.45) is 5.73 Å². The van der Waals surface area contributed by atoms with Crippen LogP contribution in [-0.2, 0) is 24.0 Å². The van der Waals surface area contributed by atoms with Crippen LogP contribution in [0.15, 0.2) is 0 Å². The largest absolute Gasteiger partial charge is 0.481 e. The number of carboxylic acids is 2. The number of rotatable bonds is 11. The monoisotopic (exact) mass is 448 g/mol. The molecule has 0 aromatic rings. The summed E-state index contributed by atoms with van der Waals surface area (Å²) in [5, 5.41) is 32.1. The van der Waals surface area contributed by atoms with Gasteiger partial charge in [-0.3, -0.25) is 19.2 Å². The summed E-state index contributed by atoms with van der Waals surface area (Å²) in [4.78, 5) is 60.8. The number of amides is 3. The number of nitrogens with one attached hydrogen (secondary N) is 2. The van der Waals surface area contributed by atoms with Crippen molar-refractivity contribution in [1.29, 1.82) is 0 Å². The first-order valence-corrected chi connectivity index (χ1v) is 10.0. The minimum absolute atomic E-state index is 0.206. The van der Waals surface area contributed by atoms with E-state index in [9.17, 15) is 29.1 Å². The summed E-state index contributed by atoms with van der Waals surface area (Å²) in [5.41, 5.74) is 5.67. The Morgan fingerprint density at radius 3 is 2.30 bits per heavy atom. The van der Waals surface area contributed by atoms with E-state index in [1.165, 1.54) is 11.8 Å². The molecule has 30 heavy (non-hydrogen) atoms. The van der Waals surface area contributed by atoms with Gasteiger partial charge in [0.1, 0.15) is 24.2 Å². The van der Waals surface area contributed by atoms with Crippen LogP contribution in [0.1, 0.15) is 32.6 Å². The van der Waals surface area contributed by atoms with Gasteiger partial charge in [0, 0.05) is 18.7 Å². The molecule has 1 rings (SSSR count). The van der Waals surface area contributed by atoms with Crippen molar-refractivity contribution in [3.63, 3.8) is 0 Å². The Balaban J connectivity index is 2.92. The summed E-state index contributed by atoms with van der Waals surface area (Å²) in [6.45, 7) is 1.59. The van der Waals surface area contributed by atoms with Crippen molar-refractivity contribution < 1.29 is 39.3 Å². The number of aliphatic hydroxyl groups is 1. The van der Waals surface area contributed by atoms with Gasteiger partial charge < -0.3 is 36.6 Å². The van der Waals surface area contributed by atoms with Gasteiger partial charge in [0.15, 0.2) is 0 Å². The lowest BCUT2D eigenvalue weighted by Gasteiger charge is -2.29. The topological polar surface area (TPSA) is 199 Å². The summed E-state index contributed by atoms with van der Waals surface area (Å²) >= 11 is 3.84. The lowest BCUT2D eigenvalue weighted by molar-refractivity contribution is -0.143. The highest BCUT2D eigenvalue weighted by atomic mass is 32.1. The van der Waals surface area contributed by atoms with Gasteiger partial charge in [-0.1, -0.05) is 0 Å². The molecule has 0 bridgehead atoms. The van der Waals surface area contributed by atoms with Crippen LogP contribution >= 0.6 is 12.6 Å². The van der Waals surface area contributed by atoms with Gasteiger partial charge in [0.05, 0.1) is 6.10 Å². The second kappa shape index (κ2) is 11.7. The molecule has 5 atom stereocenters. The fraction of sp³-hybridized carbons (Fsp3) is 0.706. The molecule has 0 spiro atoms. The normalized spacial score (nSPS) is 20.0. The van der Waals surface area contributed by atoms with Crippen LogP contribution < -0.4 is 16.4 Å². The van der Waals surface area contributed by atoms with Crippen molar-refractivity contribution in [2.45, 2.75) is 62.9 Å². The van der Waals surface area contributed by atoms with E-state index in [1.807, 2.05) is 0 Å². The van der Waals surface area contributed by atoms with Gasteiger partial charge in [-0.15, -0.1) is 0 Å². The zero-order valence-electron chi connectivity index (χ0n) is 16.5. The summed E-state index contributed by atoms with van der Waals surface area (Å²) in [5.74, 6) is -4.92. The summed E-state index contributed by atoms with van der Waals surface area (Å²) in [6.07, 6.45) is -1.05. The third-order valence-corrected chi connectivity index (χ3v) is 5.09. The lowest BCUT2D eigenvalue weighted by atomic mass is 10.1. The number of carboxylic acid groups (broad SMARTS) is 2. The highest BCUT2D eigenvalue weighted by Crippen LogP contribution is 2.19. The molecular formula is C17H28N4O8S. The Morgan fingerprint density at radius 2 is 1.80 bits per heavy atom. The smallest absolute Gasteiger partial charge is 0.327 e. The van der Waals surface area contributed by atoms with Gasteiger partial charge in [0.2, 0.25) is 17.7 Å². The highest BCUT2D eigenvalue weighted by Gasteiger charge is 2.38. The maximum Gasteiger partial charge on any atom is 0.327 e. The Labute approximate surface area is 178 Å². The standard InChI is InChI=1S/C17H28N4O8S/c1-8(22)13(18)16(27)21-6-2-3-11(21)15(26)19-9(4-5-12(23)24)14(25)20-10(7-30)17(28)29/h8-11,13,22,30H,2-7,18H2,1H3,(H,19,26)(H,20,25)(H,23,24)(H,28,29). The van der Waals surface area contributed by atoms with Crippen molar-refractivity contribution in [1.82, 2.24) is 15.5 Å². The van der Waals surface area contributed by atoms with Crippen LogP contribution in [0, 0.1) is 0 Å². The minimum atomic E-state index is -1.33. The van der Waals surface area contributed by atoms with E-state index in [1.54, 1.807) is 0 Å². The van der Waals surface area contributed by atoms with Crippen LogP contribution in [0.5, 0.6) is 0 Å². The summed E-state index contributed by atoms with van der Waals surface area (Å²) in [6, 6.07) is -4.80. The SMILES string of the molecule is CC(O)C(N)C(=O)N1CCCC1C(=O)NC(CCC(=O)O)C(=O)NC(CS)C(=O)O. The molecule has 1 aliphatic heterocycles. The molecule has 1 heterocycles. The summed E-state index contributed by atoms with van der Waals surface area (Å²) < 4.78 is 0. The van der Waals surface area contributed by atoms with Gasteiger partial charge in [0.25, 0.3) is 0 Å². The van der Waals surface area contributed by atoms with Crippen LogP contribution in [-0.4, -0.2) is 92.4 Å². The average Bonchev–Trinajstić information content (AvgIpc) is 3.17. The molecule has 13 heteroatoms. The third-order valence-electron chi connectivity index (χ3n) is 4.72. The lowest BCUT2D eigenvalue weighted by Crippen LogP contribution is -2.57. The Hall–Kier alpha value is -2.38. The van der Waals surface area contributed by atoms with E-state index in [4.69, 9.17) is 15.9 Å². The number of hydrogen-bond acceptors (Lipinski definition) is 8. The third kappa shape index (κ3) is 7.15. The zero-order chi connectivity index (χ0) is 23.0. The van der Waals surface area contributed by atoms with E-state index in [2.05, 4.69) is 23.3 Å². The predicted molar refractivity (Wildman–Crippen MR) is 107 cm³/mol. The zero-order valence-corrected chi connectivity index (χ0v) is 17.4. The van der Waals surface area contributed by atoms with E-state index in [0.717, 1.165) is 0 Å². The number of carbonyl (C=O) groups is 5. The van der Waals surface area contributed by atoms with Crippen molar-refractivity contribution >= 4 is 42.3 Å². The molecule has 5 unspecified atom stereocenters. The van der Waals surface area contributed by atoms with Crippen molar-refractivity contribution in [3.8, 4) is 0 Å². The Morgan fingerprint density at radius 1 is 1.17 bits per heavy atom. The molecule has 3 amide bonds. The Bertz CT molecular complexity index is 674. The number of hydrogen-bond donors (Lipinski definition) is 7. The number of nitrogens with two attached hydrogens (primary N) is 1. The van der Waals surface area contributed by atoms with Crippen LogP contribution in [0.3, 0.4) is 0 Å². The predicted octanol–water partition coefficient (Wildman–Crippen LogP) is -2.47.